The number of nitrogens with zero attached hydrogens (tertiary/aromatic N) is 1. The quantitative estimate of drug-likeness (QED) is 0.788. The number of rotatable bonds is 4. The number of hydrogen-bond acceptors (Lipinski definition) is 4. The average molecular weight is 353 g/mol. The fourth-order valence-electron chi connectivity index (χ4n) is 2.96. The smallest absolute Gasteiger partial charge is 0.329 e. The number of amides is 1. The monoisotopic (exact) mass is 353 g/mol. The van der Waals surface area contributed by atoms with Crippen molar-refractivity contribution in [2.75, 3.05) is 4.90 Å². The van der Waals surface area contributed by atoms with Crippen molar-refractivity contribution in [2.45, 2.75) is 45.9 Å². The summed E-state index contributed by atoms with van der Waals surface area (Å²) < 4.78 is 11.3. The molecule has 136 valence electrons. The van der Waals surface area contributed by atoms with Crippen molar-refractivity contribution in [2.24, 2.45) is 0 Å². The lowest BCUT2D eigenvalue weighted by molar-refractivity contribution is -0.148. The normalized spacial score (nSPS) is 16.5. The highest BCUT2D eigenvalue weighted by atomic mass is 16.5. The summed E-state index contributed by atoms with van der Waals surface area (Å²) in [7, 11) is 0. The summed E-state index contributed by atoms with van der Waals surface area (Å²) in [5.41, 5.74) is 1.43. The van der Waals surface area contributed by atoms with Crippen molar-refractivity contribution < 1.29 is 19.1 Å². The van der Waals surface area contributed by atoms with E-state index in [1.54, 1.807) is 20.8 Å². The maximum Gasteiger partial charge on any atom is 0.329 e. The molecule has 2 aromatic rings. The fraction of sp³-hybridized carbons (Fsp3) is 0.333. The van der Waals surface area contributed by atoms with Gasteiger partial charge in [0, 0.05) is 0 Å². The molecule has 2 aromatic carbocycles. The molecule has 0 N–H and O–H groups in total. The minimum Gasteiger partial charge on any atom is -0.476 e. The molecule has 1 amide bonds. The van der Waals surface area contributed by atoms with Crippen LogP contribution in [-0.4, -0.2) is 23.5 Å². The molecule has 0 bridgehead atoms. The van der Waals surface area contributed by atoms with Gasteiger partial charge in [-0.2, -0.15) is 0 Å². The molecule has 1 atom stereocenters. The van der Waals surface area contributed by atoms with Gasteiger partial charge in [-0.15, -0.1) is 0 Å². The standard InChI is InChI=1S/C21H23NO4/c1-14-10-11-18-17(12-14)22(20(24)21(3,4)26-18)15(2)19(23)25-13-16-8-6-5-7-9-16/h5-12,15H,13H2,1-4H3. The number of hydrogen-bond donors (Lipinski definition) is 0. The zero-order valence-electron chi connectivity index (χ0n) is 15.5. The third-order valence-electron chi connectivity index (χ3n) is 4.43. The van der Waals surface area contributed by atoms with Gasteiger partial charge in [0.15, 0.2) is 5.60 Å². The van der Waals surface area contributed by atoms with Crippen LogP contribution in [0.3, 0.4) is 0 Å². The largest absolute Gasteiger partial charge is 0.476 e. The van der Waals surface area contributed by atoms with Gasteiger partial charge in [-0.25, -0.2) is 4.79 Å². The molecule has 5 heteroatoms. The summed E-state index contributed by atoms with van der Waals surface area (Å²) in [6.07, 6.45) is 0. The van der Waals surface area contributed by atoms with Crippen molar-refractivity contribution in [3.05, 3.63) is 59.7 Å². The van der Waals surface area contributed by atoms with E-state index in [1.807, 2.05) is 55.5 Å². The van der Waals surface area contributed by atoms with Gasteiger partial charge in [-0.05, 0) is 51.0 Å². The van der Waals surface area contributed by atoms with Crippen LogP contribution in [0.1, 0.15) is 31.9 Å². The maximum absolute atomic E-state index is 12.9. The van der Waals surface area contributed by atoms with Gasteiger partial charge in [0.25, 0.3) is 5.91 Å². The predicted octanol–water partition coefficient (Wildman–Crippen LogP) is 3.63. The Bertz CT molecular complexity index is 829. The minimum absolute atomic E-state index is 0.173. The average Bonchev–Trinajstić information content (AvgIpc) is 2.61. The third-order valence-corrected chi connectivity index (χ3v) is 4.43. The van der Waals surface area contributed by atoms with E-state index < -0.39 is 17.6 Å². The molecular weight excluding hydrogens is 330 g/mol. The Hall–Kier alpha value is -2.82. The maximum atomic E-state index is 12.9. The molecule has 1 aliphatic heterocycles. The first-order valence-corrected chi connectivity index (χ1v) is 8.63. The Morgan fingerprint density at radius 1 is 1.19 bits per heavy atom. The number of esters is 1. The number of carbonyl (C=O) groups is 2. The van der Waals surface area contributed by atoms with Crippen LogP contribution in [0.2, 0.25) is 0 Å². The number of aryl methyl sites for hydroxylation is 1. The molecule has 0 saturated heterocycles. The topological polar surface area (TPSA) is 55.8 Å². The lowest BCUT2D eigenvalue weighted by Crippen LogP contribution is -2.57. The van der Waals surface area contributed by atoms with E-state index in [0.717, 1.165) is 11.1 Å². The molecule has 0 spiro atoms. The molecule has 5 nitrogen and oxygen atoms in total. The van der Waals surface area contributed by atoms with Crippen molar-refractivity contribution >= 4 is 17.6 Å². The van der Waals surface area contributed by atoms with E-state index in [1.165, 1.54) is 4.90 Å². The summed E-state index contributed by atoms with van der Waals surface area (Å²) in [6.45, 7) is 7.19. The van der Waals surface area contributed by atoms with E-state index in [0.29, 0.717) is 11.4 Å². The Labute approximate surface area is 153 Å². The van der Waals surface area contributed by atoms with Crippen LogP contribution in [0.25, 0.3) is 0 Å². The predicted molar refractivity (Wildman–Crippen MR) is 99.1 cm³/mol. The molecule has 0 saturated carbocycles. The highest BCUT2D eigenvalue weighted by Crippen LogP contribution is 2.39. The number of benzene rings is 2. The molecule has 26 heavy (non-hydrogen) atoms. The van der Waals surface area contributed by atoms with Crippen molar-refractivity contribution in [3.8, 4) is 5.75 Å². The van der Waals surface area contributed by atoms with Crippen molar-refractivity contribution in [1.29, 1.82) is 0 Å². The highest BCUT2D eigenvalue weighted by molar-refractivity contribution is 6.06. The molecule has 1 aliphatic rings. The first kappa shape index (κ1) is 18.0. The summed E-state index contributed by atoms with van der Waals surface area (Å²) in [4.78, 5) is 27.0. The van der Waals surface area contributed by atoms with Crippen LogP contribution in [0.15, 0.2) is 48.5 Å². The number of carbonyl (C=O) groups excluding carboxylic acids is 2. The molecule has 0 aromatic heterocycles. The third kappa shape index (κ3) is 3.43. The van der Waals surface area contributed by atoms with Crippen LogP contribution in [0.5, 0.6) is 5.75 Å². The van der Waals surface area contributed by atoms with Gasteiger partial charge in [0.2, 0.25) is 0 Å². The summed E-state index contributed by atoms with van der Waals surface area (Å²) >= 11 is 0. The molecular formula is C21H23NO4. The summed E-state index contributed by atoms with van der Waals surface area (Å²) in [5.74, 6) is -0.130. The van der Waals surface area contributed by atoms with Gasteiger partial charge in [-0.1, -0.05) is 36.4 Å². The lowest BCUT2D eigenvalue weighted by atomic mass is 10.0. The molecule has 0 radical (unpaired) electrons. The van der Waals surface area contributed by atoms with Crippen LogP contribution in [-0.2, 0) is 20.9 Å². The second kappa shape index (κ2) is 6.83. The van der Waals surface area contributed by atoms with Gasteiger partial charge in [0.1, 0.15) is 18.4 Å². The van der Waals surface area contributed by atoms with Crippen molar-refractivity contribution in [1.82, 2.24) is 0 Å². The molecule has 1 unspecified atom stereocenters. The summed E-state index contributed by atoms with van der Waals surface area (Å²) in [6, 6.07) is 14.3. The number of fused-ring (bicyclic) bond motifs is 1. The Morgan fingerprint density at radius 2 is 1.88 bits per heavy atom. The Balaban J connectivity index is 1.85. The van der Waals surface area contributed by atoms with E-state index >= 15 is 0 Å². The Morgan fingerprint density at radius 3 is 2.58 bits per heavy atom. The van der Waals surface area contributed by atoms with Crippen LogP contribution < -0.4 is 9.64 Å². The molecule has 0 aliphatic carbocycles. The van der Waals surface area contributed by atoms with Crippen LogP contribution >= 0.6 is 0 Å². The van der Waals surface area contributed by atoms with Gasteiger partial charge >= 0.3 is 5.97 Å². The fourth-order valence-corrected chi connectivity index (χ4v) is 2.96. The minimum atomic E-state index is -1.05. The first-order chi connectivity index (χ1) is 12.3. The van der Waals surface area contributed by atoms with E-state index in [-0.39, 0.29) is 12.5 Å². The highest BCUT2D eigenvalue weighted by Gasteiger charge is 2.44. The number of anilines is 1. The Kier molecular flexibility index (Phi) is 4.72. The molecule has 1 heterocycles. The van der Waals surface area contributed by atoms with E-state index in [2.05, 4.69) is 0 Å². The zero-order chi connectivity index (χ0) is 18.9. The first-order valence-electron chi connectivity index (χ1n) is 8.63. The molecule has 3 rings (SSSR count). The van der Waals surface area contributed by atoms with Crippen molar-refractivity contribution in [3.63, 3.8) is 0 Å². The second-order valence-corrected chi connectivity index (χ2v) is 7.03. The van der Waals surface area contributed by atoms with Gasteiger partial charge in [-0.3, -0.25) is 9.69 Å². The molecule has 0 fully saturated rings. The zero-order valence-corrected chi connectivity index (χ0v) is 15.5. The number of ether oxygens (including phenoxy) is 2. The summed E-state index contributed by atoms with van der Waals surface area (Å²) in [5, 5.41) is 0. The van der Waals surface area contributed by atoms with Crippen LogP contribution in [0, 0.1) is 6.92 Å². The van der Waals surface area contributed by atoms with E-state index in [4.69, 9.17) is 9.47 Å². The van der Waals surface area contributed by atoms with Gasteiger partial charge < -0.3 is 9.47 Å². The lowest BCUT2D eigenvalue weighted by Gasteiger charge is -2.40. The SMILES string of the molecule is Cc1ccc2c(c1)N(C(C)C(=O)OCc1ccccc1)C(=O)C(C)(C)O2. The second-order valence-electron chi connectivity index (χ2n) is 7.03. The van der Waals surface area contributed by atoms with E-state index in [9.17, 15) is 9.59 Å². The van der Waals surface area contributed by atoms with Crippen LogP contribution in [0.4, 0.5) is 5.69 Å². The van der Waals surface area contributed by atoms with Gasteiger partial charge in [0.05, 0.1) is 5.69 Å².